The summed E-state index contributed by atoms with van der Waals surface area (Å²) in [6.07, 6.45) is 4.03. The van der Waals surface area contributed by atoms with Crippen LogP contribution in [-0.4, -0.2) is 51.9 Å². The number of anilines is 1. The smallest absolute Gasteiger partial charge is 0.253 e. The van der Waals surface area contributed by atoms with Crippen LogP contribution in [0.25, 0.3) is 0 Å². The third-order valence-corrected chi connectivity index (χ3v) is 3.78. The summed E-state index contributed by atoms with van der Waals surface area (Å²) in [5.41, 5.74) is 2.43. The van der Waals surface area contributed by atoms with Gasteiger partial charge in [0.2, 0.25) is 0 Å². The molecule has 1 heterocycles. The molecule has 0 saturated heterocycles. The summed E-state index contributed by atoms with van der Waals surface area (Å²) < 4.78 is 15.5. The number of hydrogen-bond acceptors (Lipinski definition) is 6. The van der Waals surface area contributed by atoms with E-state index in [4.69, 9.17) is 14.2 Å². The summed E-state index contributed by atoms with van der Waals surface area (Å²) in [4.78, 5) is 16.2. The van der Waals surface area contributed by atoms with E-state index < -0.39 is 0 Å². The molecule has 0 unspecified atom stereocenters. The quantitative estimate of drug-likeness (QED) is 0.633. The van der Waals surface area contributed by atoms with Gasteiger partial charge in [0.05, 0.1) is 32.1 Å². The minimum atomic E-state index is -0.168. The van der Waals surface area contributed by atoms with Gasteiger partial charge in [-0.2, -0.15) is 0 Å². The highest BCUT2D eigenvalue weighted by molar-refractivity contribution is 5.94. The van der Waals surface area contributed by atoms with Gasteiger partial charge in [0.15, 0.2) is 11.5 Å². The number of hydrogen-bond donors (Lipinski definition) is 2. The first-order valence-corrected chi connectivity index (χ1v) is 8.35. The van der Waals surface area contributed by atoms with Gasteiger partial charge >= 0.3 is 0 Å². The maximum absolute atomic E-state index is 12.0. The van der Waals surface area contributed by atoms with Crippen LogP contribution in [0.1, 0.15) is 15.9 Å². The molecule has 0 radical (unpaired) electrons. The highest BCUT2D eigenvalue weighted by Gasteiger charge is 2.07. The first kappa shape index (κ1) is 19.5. The van der Waals surface area contributed by atoms with Gasteiger partial charge in [-0.1, -0.05) is 6.07 Å². The second-order valence-electron chi connectivity index (χ2n) is 5.58. The summed E-state index contributed by atoms with van der Waals surface area (Å²) in [5.74, 6) is 1.25. The van der Waals surface area contributed by atoms with Crippen molar-refractivity contribution in [3.05, 3.63) is 47.8 Å². The molecule has 0 spiro atoms. The maximum Gasteiger partial charge on any atom is 0.253 e. The van der Waals surface area contributed by atoms with Crippen molar-refractivity contribution in [1.29, 1.82) is 0 Å². The zero-order chi connectivity index (χ0) is 18.8. The number of amides is 1. The van der Waals surface area contributed by atoms with Crippen LogP contribution in [0.15, 0.2) is 36.7 Å². The minimum absolute atomic E-state index is 0.168. The lowest BCUT2D eigenvalue weighted by atomic mass is 10.1. The van der Waals surface area contributed by atoms with Crippen LogP contribution in [0.5, 0.6) is 11.5 Å². The summed E-state index contributed by atoms with van der Waals surface area (Å²) in [6.45, 7) is 1.64. The maximum atomic E-state index is 12.0. The number of rotatable bonds is 10. The number of nitrogens with one attached hydrogen (secondary N) is 2. The van der Waals surface area contributed by atoms with E-state index in [2.05, 4.69) is 15.6 Å². The van der Waals surface area contributed by atoms with E-state index in [0.717, 1.165) is 17.7 Å². The molecular formula is C19H25N3O4. The topological polar surface area (TPSA) is 81.7 Å². The van der Waals surface area contributed by atoms with Crippen LogP contribution in [0.3, 0.4) is 0 Å². The Labute approximate surface area is 153 Å². The van der Waals surface area contributed by atoms with E-state index in [9.17, 15) is 4.79 Å². The molecule has 0 atom stereocenters. The highest BCUT2D eigenvalue weighted by Crippen LogP contribution is 2.27. The van der Waals surface area contributed by atoms with Gasteiger partial charge < -0.3 is 24.8 Å². The van der Waals surface area contributed by atoms with Crippen molar-refractivity contribution >= 4 is 11.6 Å². The molecule has 7 heteroatoms. The fourth-order valence-electron chi connectivity index (χ4n) is 2.42. The Morgan fingerprint density at radius 3 is 2.58 bits per heavy atom. The summed E-state index contributed by atoms with van der Waals surface area (Å²) in [7, 11) is 4.83. The number of nitrogens with zero attached hydrogens (tertiary/aromatic N) is 1. The van der Waals surface area contributed by atoms with E-state index in [-0.39, 0.29) is 5.91 Å². The van der Waals surface area contributed by atoms with Gasteiger partial charge in [-0.25, -0.2) is 0 Å². The van der Waals surface area contributed by atoms with E-state index in [1.807, 2.05) is 18.2 Å². The van der Waals surface area contributed by atoms with Crippen molar-refractivity contribution < 1.29 is 19.0 Å². The standard InChI is InChI=1S/C19H25N3O4/c1-24-9-8-22-19(23)15-11-16(13-20-12-15)21-7-6-14-4-5-17(25-2)18(10-14)26-3/h4-5,10-13,21H,6-9H2,1-3H3,(H,22,23). The molecule has 0 bridgehead atoms. The van der Waals surface area contributed by atoms with E-state index in [1.54, 1.807) is 39.8 Å². The molecule has 140 valence electrons. The zero-order valence-corrected chi connectivity index (χ0v) is 15.4. The van der Waals surface area contributed by atoms with Crippen molar-refractivity contribution in [1.82, 2.24) is 10.3 Å². The summed E-state index contributed by atoms with van der Waals surface area (Å²) in [6, 6.07) is 7.63. The minimum Gasteiger partial charge on any atom is -0.493 e. The van der Waals surface area contributed by atoms with Crippen molar-refractivity contribution in [3.8, 4) is 11.5 Å². The lowest BCUT2D eigenvalue weighted by Crippen LogP contribution is -2.27. The van der Waals surface area contributed by atoms with E-state index in [0.29, 0.717) is 36.8 Å². The number of ether oxygens (including phenoxy) is 3. The highest BCUT2D eigenvalue weighted by atomic mass is 16.5. The van der Waals surface area contributed by atoms with Crippen LogP contribution >= 0.6 is 0 Å². The molecule has 26 heavy (non-hydrogen) atoms. The van der Waals surface area contributed by atoms with E-state index >= 15 is 0 Å². The molecule has 7 nitrogen and oxygen atoms in total. The van der Waals surface area contributed by atoms with Crippen LogP contribution in [0, 0.1) is 0 Å². The Hall–Kier alpha value is -2.80. The second-order valence-corrected chi connectivity index (χ2v) is 5.58. The first-order chi connectivity index (χ1) is 12.7. The van der Waals surface area contributed by atoms with Gasteiger partial charge in [0.25, 0.3) is 5.91 Å². The molecule has 1 amide bonds. The number of carbonyl (C=O) groups is 1. The SMILES string of the molecule is COCCNC(=O)c1cncc(NCCc2ccc(OC)c(OC)c2)c1. The van der Waals surface area contributed by atoms with Crippen LogP contribution in [-0.2, 0) is 11.2 Å². The Kier molecular flexibility index (Phi) is 7.70. The third kappa shape index (κ3) is 5.63. The zero-order valence-electron chi connectivity index (χ0n) is 15.4. The molecule has 2 rings (SSSR count). The number of benzene rings is 1. The lowest BCUT2D eigenvalue weighted by Gasteiger charge is -2.11. The molecule has 0 aliphatic carbocycles. The van der Waals surface area contributed by atoms with Gasteiger partial charge in [-0.15, -0.1) is 0 Å². The van der Waals surface area contributed by atoms with Gasteiger partial charge in [0.1, 0.15) is 0 Å². The number of methoxy groups -OCH3 is 3. The fraction of sp³-hybridized carbons (Fsp3) is 0.368. The lowest BCUT2D eigenvalue weighted by molar-refractivity contribution is 0.0937. The van der Waals surface area contributed by atoms with E-state index in [1.165, 1.54) is 0 Å². The Morgan fingerprint density at radius 1 is 1.04 bits per heavy atom. The van der Waals surface area contributed by atoms with Crippen LogP contribution in [0.4, 0.5) is 5.69 Å². The van der Waals surface area contributed by atoms with Gasteiger partial charge in [-0.05, 0) is 30.2 Å². The second kappa shape index (κ2) is 10.2. The molecule has 1 aromatic heterocycles. The van der Waals surface area contributed by atoms with Crippen LogP contribution in [0.2, 0.25) is 0 Å². The summed E-state index contributed by atoms with van der Waals surface area (Å²) in [5, 5.41) is 6.06. The predicted octanol–water partition coefficient (Wildman–Crippen LogP) is 2.13. The molecular weight excluding hydrogens is 334 g/mol. The van der Waals surface area contributed by atoms with Gasteiger partial charge in [-0.3, -0.25) is 9.78 Å². The van der Waals surface area contributed by atoms with Crippen LogP contribution < -0.4 is 20.1 Å². The Balaban J connectivity index is 1.90. The molecule has 1 aromatic carbocycles. The molecule has 2 N–H and O–H groups in total. The average molecular weight is 359 g/mol. The third-order valence-electron chi connectivity index (χ3n) is 3.78. The number of pyridine rings is 1. The molecule has 0 fully saturated rings. The first-order valence-electron chi connectivity index (χ1n) is 8.35. The van der Waals surface area contributed by atoms with Crippen molar-refractivity contribution in [2.24, 2.45) is 0 Å². The predicted molar refractivity (Wildman–Crippen MR) is 100 cm³/mol. The molecule has 0 aliphatic heterocycles. The van der Waals surface area contributed by atoms with Crippen molar-refractivity contribution in [3.63, 3.8) is 0 Å². The average Bonchev–Trinajstić information content (AvgIpc) is 2.68. The van der Waals surface area contributed by atoms with Crippen molar-refractivity contribution in [2.75, 3.05) is 46.3 Å². The Morgan fingerprint density at radius 2 is 1.85 bits per heavy atom. The largest absolute Gasteiger partial charge is 0.493 e. The van der Waals surface area contributed by atoms with Crippen molar-refractivity contribution in [2.45, 2.75) is 6.42 Å². The number of aromatic nitrogens is 1. The Bertz CT molecular complexity index is 722. The summed E-state index contributed by atoms with van der Waals surface area (Å²) >= 11 is 0. The van der Waals surface area contributed by atoms with Gasteiger partial charge in [0, 0.05) is 32.6 Å². The monoisotopic (exact) mass is 359 g/mol. The molecule has 2 aromatic rings. The fourth-order valence-corrected chi connectivity index (χ4v) is 2.42. The number of carbonyl (C=O) groups excluding carboxylic acids is 1. The normalized spacial score (nSPS) is 10.3. The molecule has 0 saturated carbocycles. The molecule has 0 aliphatic rings.